The summed E-state index contributed by atoms with van der Waals surface area (Å²) in [6.45, 7) is 5.55. The Hall–Kier alpha value is -3.13. The number of nitrogens with zero attached hydrogens (tertiary/aromatic N) is 2. The second-order valence-electron chi connectivity index (χ2n) is 8.31. The van der Waals surface area contributed by atoms with Gasteiger partial charge in [0.05, 0.1) is 0 Å². The van der Waals surface area contributed by atoms with Crippen molar-refractivity contribution < 1.29 is 0 Å². The Bertz CT molecular complexity index is 1040. The average molecular weight is 395 g/mol. The van der Waals surface area contributed by atoms with E-state index < -0.39 is 0 Å². The number of rotatable bonds is 8. The molecule has 0 amide bonds. The van der Waals surface area contributed by atoms with E-state index in [9.17, 15) is 0 Å². The molecule has 2 heteroatoms. The van der Waals surface area contributed by atoms with Crippen LogP contribution in [0.5, 0.6) is 0 Å². The maximum Gasteiger partial charge on any atom is 0.112 e. The van der Waals surface area contributed by atoms with Crippen LogP contribution in [0, 0.1) is 0 Å². The zero-order valence-corrected chi connectivity index (χ0v) is 17.9. The molecule has 0 aliphatic carbocycles. The van der Waals surface area contributed by atoms with Crippen LogP contribution in [0.2, 0.25) is 0 Å². The first-order valence-electron chi connectivity index (χ1n) is 10.8. The Kier molecular flexibility index (Phi) is 6.13. The van der Waals surface area contributed by atoms with Crippen molar-refractivity contribution in [3.05, 3.63) is 126 Å². The van der Waals surface area contributed by atoms with E-state index in [1.165, 1.54) is 22.5 Å². The molecule has 0 saturated heterocycles. The highest BCUT2D eigenvalue weighted by Gasteiger charge is 2.38. The molecule has 0 radical (unpaired) electrons. The summed E-state index contributed by atoms with van der Waals surface area (Å²) in [5.74, 6) is 1.47. The van der Waals surface area contributed by atoms with Crippen LogP contribution >= 0.6 is 0 Å². The first kappa shape index (κ1) is 20.2. The van der Waals surface area contributed by atoms with Crippen LogP contribution in [0.25, 0.3) is 0 Å². The molecular formula is C28H30N2. The van der Waals surface area contributed by atoms with Crippen molar-refractivity contribution in [3.8, 4) is 0 Å². The maximum absolute atomic E-state index is 4.88. The van der Waals surface area contributed by atoms with E-state index in [0.29, 0.717) is 5.92 Å². The summed E-state index contributed by atoms with van der Waals surface area (Å²) < 4.78 is 2.33. The SMILES string of the molecule is CCC(c1nccn1Cc1ccccc1)C(C)(Cc1ccccc1)c1ccccc1. The lowest BCUT2D eigenvalue weighted by Gasteiger charge is -2.38. The largest absolute Gasteiger partial charge is 0.330 e. The third kappa shape index (κ3) is 4.23. The van der Waals surface area contributed by atoms with Crippen LogP contribution in [-0.4, -0.2) is 9.55 Å². The minimum atomic E-state index is -0.0584. The standard InChI is InChI=1S/C28H30N2/c1-3-26(27-29-19-20-30(27)22-24-15-9-5-10-16-24)28(2,25-17-11-6-12-18-25)21-23-13-7-4-8-14-23/h4-20,26H,3,21-22H2,1-2H3. The minimum absolute atomic E-state index is 0.0584. The van der Waals surface area contributed by atoms with Crippen molar-refractivity contribution >= 4 is 0 Å². The molecule has 3 aromatic carbocycles. The summed E-state index contributed by atoms with van der Waals surface area (Å²) in [5, 5.41) is 0. The van der Waals surface area contributed by atoms with Gasteiger partial charge in [-0.15, -0.1) is 0 Å². The molecular weight excluding hydrogens is 364 g/mol. The van der Waals surface area contributed by atoms with Gasteiger partial charge in [-0.05, 0) is 29.5 Å². The molecule has 4 rings (SSSR count). The third-order valence-corrected chi connectivity index (χ3v) is 6.28. The van der Waals surface area contributed by atoms with Gasteiger partial charge in [-0.1, -0.05) is 105 Å². The van der Waals surface area contributed by atoms with E-state index >= 15 is 0 Å². The zero-order valence-electron chi connectivity index (χ0n) is 17.9. The van der Waals surface area contributed by atoms with Gasteiger partial charge in [0.1, 0.15) is 5.82 Å². The predicted molar refractivity (Wildman–Crippen MR) is 125 cm³/mol. The van der Waals surface area contributed by atoms with Crippen LogP contribution < -0.4 is 0 Å². The molecule has 0 N–H and O–H groups in total. The molecule has 0 spiro atoms. The van der Waals surface area contributed by atoms with Gasteiger partial charge >= 0.3 is 0 Å². The molecule has 0 saturated carbocycles. The first-order chi connectivity index (χ1) is 14.7. The number of hydrogen-bond donors (Lipinski definition) is 0. The lowest BCUT2D eigenvalue weighted by atomic mass is 9.66. The zero-order chi connectivity index (χ0) is 20.8. The van der Waals surface area contributed by atoms with Gasteiger partial charge < -0.3 is 4.57 Å². The maximum atomic E-state index is 4.88. The van der Waals surface area contributed by atoms with E-state index in [-0.39, 0.29) is 5.41 Å². The Balaban J connectivity index is 1.75. The van der Waals surface area contributed by atoms with Gasteiger partial charge in [0.15, 0.2) is 0 Å². The van der Waals surface area contributed by atoms with E-state index in [1.807, 2.05) is 6.20 Å². The van der Waals surface area contributed by atoms with E-state index in [0.717, 1.165) is 19.4 Å². The minimum Gasteiger partial charge on any atom is -0.330 e. The Morgan fingerprint density at radius 1 is 0.800 bits per heavy atom. The van der Waals surface area contributed by atoms with Gasteiger partial charge in [0.25, 0.3) is 0 Å². The smallest absolute Gasteiger partial charge is 0.112 e. The van der Waals surface area contributed by atoms with Gasteiger partial charge in [-0.25, -0.2) is 4.98 Å². The normalized spacial score (nSPS) is 14.2. The van der Waals surface area contributed by atoms with Crippen LogP contribution in [0.3, 0.4) is 0 Å². The van der Waals surface area contributed by atoms with Gasteiger partial charge in [-0.3, -0.25) is 0 Å². The molecule has 152 valence electrons. The Morgan fingerprint density at radius 2 is 1.37 bits per heavy atom. The molecule has 2 atom stereocenters. The van der Waals surface area contributed by atoms with Gasteiger partial charge in [0.2, 0.25) is 0 Å². The van der Waals surface area contributed by atoms with E-state index in [4.69, 9.17) is 4.98 Å². The molecule has 0 fully saturated rings. The lowest BCUT2D eigenvalue weighted by molar-refractivity contribution is 0.342. The molecule has 2 nitrogen and oxygen atoms in total. The van der Waals surface area contributed by atoms with Crippen molar-refractivity contribution in [2.75, 3.05) is 0 Å². The first-order valence-corrected chi connectivity index (χ1v) is 10.8. The molecule has 1 heterocycles. The molecule has 2 unspecified atom stereocenters. The summed E-state index contributed by atoms with van der Waals surface area (Å²) in [5.41, 5.74) is 3.98. The van der Waals surface area contributed by atoms with Crippen molar-refractivity contribution in [2.24, 2.45) is 0 Å². The number of benzene rings is 3. The van der Waals surface area contributed by atoms with Gasteiger partial charge in [-0.2, -0.15) is 0 Å². The fourth-order valence-corrected chi connectivity index (χ4v) is 4.73. The highest BCUT2D eigenvalue weighted by Crippen LogP contribution is 2.43. The molecule has 1 aromatic heterocycles. The van der Waals surface area contributed by atoms with E-state index in [2.05, 4.69) is 116 Å². The summed E-state index contributed by atoms with van der Waals surface area (Å²) >= 11 is 0. The highest BCUT2D eigenvalue weighted by molar-refractivity contribution is 5.33. The summed E-state index contributed by atoms with van der Waals surface area (Å²) in [6.07, 6.45) is 6.09. The Morgan fingerprint density at radius 3 is 1.97 bits per heavy atom. The van der Waals surface area contributed by atoms with Crippen LogP contribution in [-0.2, 0) is 18.4 Å². The molecule has 0 aliphatic rings. The molecule has 0 bridgehead atoms. The van der Waals surface area contributed by atoms with Crippen molar-refractivity contribution in [3.63, 3.8) is 0 Å². The van der Waals surface area contributed by atoms with Gasteiger partial charge in [0, 0.05) is 30.3 Å². The quantitative estimate of drug-likeness (QED) is 0.328. The van der Waals surface area contributed by atoms with Crippen LogP contribution in [0.15, 0.2) is 103 Å². The average Bonchev–Trinajstić information content (AvgIpc) is 3.24. The van der Waals surface area contributed by atoms with Crippen molar-refractivity contribution in [1.82, 2.24) is 9.55 Å². The third-order valence-electron chi connectivity index (χ3n) is 6.28. The van der Waals surface area contributed by atoms with Crippen LogP contribution in [0.4, 0.5) is 0 Å². The predicted octanol–water partition coefficient (Wildman–Crippen LogP) is 6.63. The lowest BCUT2D eigenvalue weighted by Crippen LogP contribution is -2.34. The summed E-state index contributed by atoms with van der Waals surface area (Å²) in [4.78, 5) is 4.88. The van der Waals surface area contributed by atoms with E-state index in [1.54, 1.807) is 0 Å². The molecule has 0 aliphatic heterocycles. The van der Waals surface area contributed by atoms with Crippen molar-refractivity contribution in [2.45, 2.75) is 44.6 Å². The summed E-state index contributed by atoms with van der Waals surface area (Å²) in [6, 6.07) is 32.5. The monoisotopic (exact) mass is 394 g/mol. The second kappa shape index (κ2) is 9.13. The molecule has 30 heavy (non-hydrogen) atoms. The second-order valence-corrected chi connectivity index (χ2v) is 8.31. The number of imidazole rings is 1. The van der Waals surface area contributed by atoms with Crippen LogP contribution in [0.1, 0.15) is 48.7 Å². The van der Waals surface area contributed by atoms with Crippen molar-refractivity contribution in [1.29, 1.82) is 0 Å². The fraction of sp³-hybridized carbons (Fsp3) is 0.250. The Labute approximate surface area is 180 Å². The topological polar surface area (TPSA) is 17.8 Å². The number of aromatic nitrogens is 2. The summed E-state index contributed by atoms with van der Waals surface area (Å²) in [7, 11) is 0. The highest BCUT2D eigenvalue weighted by atomic mass is 15.1. The number of hydrogen-bond acceptors (Lipinski definition) is 1. The molecule has 4 aromatic rings. The fourth-order valence-electron chi connectivity index (χ4n) is 4.73.